The van der Waals surface area contributed by atoms with Crippen LogP contribution in [0, 0.1) is 5.92 Å². The molecule has 2 amide bonds. The predicted molar refractivity (Wildman–Crippen MR) is 97.0 cm³/mol. The van der Waals surface area contributed by atoms with Crippen LogP contribution in [0.3, 0.4) is 0 Å². The van der Waals surface area contributed by atoms with Crippen LogP contribution in [-0.2, 0) is 9.59 Å². The lowest BCUT2D eigenvalue weighted by Crippen LogP contribution is -2.37. The van der Waals surface area contributed by atoms with Gasteiger partial charge in [-0.25, -0.2) is 0 Å². The molecular formula is C19H24N2O4. The topological polar surface area (TPSA) is 59.1 Å². The van der Waals surface area contributed by atoms with E-state index in [1.165, 1.54) is 0 Å². The van der Waals surface area contributed by atoms with Gasteiger partial charge in [-0.3, -0.25) is 9.59 Å². The molecule has 1 aromatic rings. The van der Waals surface area contributed by atoms with E-state index in [2.05, 4.69) is 13.2 Å². The summed E-state index contributed by atoms with van der Waals surface area (Å²) in [4.78, 5) is 28.4. The van der Waals surface area contributed by atoms with Crippen molar-refractivity contribution in [3.63, 3.8) is 0 Å². The van der Waals surface area contributed by atoms with Crippen molar-refractivity contribution in [3.05, 3.63) is 43.5 Å². The van der Waals surface area contributed by atoms with E-state index < -0.39 is 0 Å². The van der Waals surface area contributed by atoms with E-state index >= 15 is 0 Å². The summed E-state index contributed by atoms with van der Waals surface area (Å²) in [6.07, 6.45) is 3.53. The van der Waals surface area contributed by atoms with Gasteiger partial charge in [0.25, 0.3) is 0 Å². The Kier molecular flexibility index (Phi) is 6.22. The lowest BCUT2D eigenvalue weighted by molar-refractivity contribution is -0.134. The highest BCUT2D eigenvalue weighted by atomic mass is 16.5. The molecule has 0 aliphatic carbocycles. The average molecular weight is 344 g/mol. The molecule has 0 saturated carbocycles. The zero-order valence-electron chi connectivity index (χ0n) is 14.7. The molecule has 0 aromatic heterocycles. The summed E-state index contributed by atoms with van der Waals surface area (Å²) in [6.45, 7) is 8.56. The van der Waals surface area contributed by atoms with Gasteiger partial charge in [0.15, 0.2) is 11.5 Å². The second-order valence-corrected chi connectivity index (χ2v) is 5.77. The Labute approximate surface area is 148 Å². The lowest BCUT2D eigenvalue weighted by atomic mass is 10.1. The molecule has 2 rings (SSSR count). The van der Waals surface area contributed by atoms with Gasteiger partial charge in [-0.1, -0.05) is 12.2 Å². The summed E-state index contributed by atoms with van der Waals surface area (Å²) in [7, 11) is 3.10. The predicted octanol–water partition coefficient (Wildman–Crippen LogP) is 2.26. The highest BCUT2D eigenvalue weighted by Gasteiger charge is 2.37. The summed E-state index contributed by atoms with van der Waals surface area (Å²) in [6, 6.07) is 5.28. The van der Waals surface area contributed by atoms with E-state index in [4.69, 9.17) is 9.47 Å². The van der Waals surface area contributed by atoms with Gasteiger partial charge < -0.3 is 19.3 Å². The van der Waals surface area contributed by atoms with E-state index in [9.17, 15) is 9.59 Å². The zero-order valence-corrected chi connectivity index (χ0v) is 14.7. The van der Waals surface area contributed by atoms with Crippen LogP contribution < -0.4 is 14.4 Å². The fourth-order valence-corrected chi connectivity index (χ4v) is 2.94. The molecule has 1 aliphatic heterocycles. The number of benzene rings is 1. The smallest absolute Gasteiger partial charge is 0.228 e. The molecule has 1 saturated heterocycles. The average Bonchev–Trinajstić information content (AvgIpc) is 3.02. The fourth-order valence-electron chi connectivity index (χ4n) is 2.94. The SMILES string of the molecule is C=CCN(CC=C)C(=O)C1CC(=O)N(c2ccc(OC)c(OC)c2)C1. The molecule has 0 N–H and O–H groups in total. The largest absolute Gasteiger partial charge is 0.493 e. The number of ether oxygens (including phenoxy) is 2. The maximum absolute atomic E-state index is 12.7. The minimum atomic E-state index is -0.375. The Morgan fingerprint density at radius 1 is 1.24 bits per heavy atom. The van der Waals surface area contributed by atoms with Crippen molar-refractivity contribution >= 4 is 17.5 Å². The van der Waals surface area contributed by atoms with Crippen LogP contribution in [0.4, 0.5) is 5.69 Å². The number of methoxy groups -OCH3 is 2. The van der Waals surface area contributed by atoms with E-state index in [-0.39, 0.29) is 24.2 Å². The number of hydrogen-bond acceptors (Lipinski definition) is 4. The second-order valence-electron chi connectivity index (χ2n) is 5.77. The molecule has 1 aliphatic rings. The van der Waals surface area contributed by atoms with E-state index in [0.717, 1.165) is 0 Å². The van der Waals surface area contributed by atoms with Crippen LogP contribution in [0.1, 0.15) is 6.42 Å². The van der Waals surface area contributed by atoms with Gasteiger partial charge >= 0.3 is 0 Å². The van der Waals surface area contributed by atoms with Gasteiger partial charge in [-0.15, -0.1) is 13.2 Å². The van der Waals surface area contributed by atoms with Crippen molar-refractivity contribution in [2.75, 3.05) is 38.8 Å². The molecule has 1 aromatic carbocycles. The molecule has 0 spiro atoms. The quantitative estimate of drug-likeness (QED) is 0.679. The van der Waals surface area contributed by atoms with Crippen LogP contribution in [0.5, 0.6) is 11.5 Å². The summed E-state index contributed by atoms with van der Waals surface area (Å²) < 4.78 is 10.5. The summed E-state index contributed by atoms with van der Waals surface area (Å²) >= 11 is 0. The molecule has 1 atom stereocenters. The first-order valence-electron chi connectivity index (χ1n) is 8.08. The highest BCUT2D eigenvalue weighted by Crippen LogP contribution is 2.34. The standard InChI is InChI=1S/C19H24N2O4/c1-5-9-20(10-6-2)19(23)14-11-18(22)21(13-14)15-7-8-16(24-3)17(12-15)25-4/h5-8,12,14H,1-2,9-11,13H2,3-4H3. The van der Waals surface area contributed by atoms with Crippen LogP contribution in [0.15, 0.2) is 43.5 Å². The molecule has 6 nitrogen and oxygen atoms in total. The number of anilines is 1. The molecule has 1 fully saturated rings. The third kappa shape index (κ3) is 4.02. The second kappa shape index (κ2) is 8.37. The van der Waals surface area contributed by atoms with Gasteiger partial charge in [0, 0.05) is 37.8 Å². The molecule has 6 heteroatoms. The highest BCUT2D eigenvalue weighted by molar-refractivity contribution is 6.00. The first-order valence-corrected chi connectivity index (χ1v) is 8.08. The number of hydrogen-bond donors (Lipinski definition) is 0. The Morgan fingerprint density at radius 2 is 1.88 bits per heavy atom. The molecule has 0 radical (unpaired) electrons. The van der Waals surface area contributed by atoms with Crippen molar-refractivity contribution in [1.29, 1.82) is 0 Å². The molecule has 1 heterocycles. The molecule has 25 heavy (non-hydrogen) atoms. The van der Waals surface area contributed by atoms with Gasteiger partial charge in [-0.05, 0) is 12.1 Å². The number of carbonyl (C=O) groups is 2. The summed E-state index contributed by atoms with van der Waals surface area (Å²) in [5.74, 6) is 0.621. The van der Waals surface area contributed by atoms with Gasteiger partial charge in [-0.2, -0.15) is 0 Å². The minimum Gasteiger partial charge on any atom is -0.493 e. The maximum Gasteiger partial charge on any atom is 0.228 e. The third-order valence-electron chi connectivity index (χ3n) is 4.16. The van der Waals surface area contributed by atoms with Crippen LogP contribution in [0.2, 0.25) is 0 Å². The lowest BCUT2D eigenvalue weighted by Gasteiger charge is -2.23. The monoisotopic (exact) mass is 344 g/mol. The van der Waals surface area contributed by atoms with Crippen molar-refractivity contribution in [2.24, 2.45) is 5.92 Å². The number of amides is 2. The Balaban J connectivity index is 2.18. The Bertz CT molecular complexity index is 661. The van der Waals surface area contributed by atoms with Crippen molar-refractivity contribution < 1.29 is 19.1 Å². The van der Waals surface area contributed by atoms with Crippen molar-refractivity contribution in [1.82, 2.24) is 4.90 Å². The zero-order chi connectivity index (χ0) is 18.4. The minimum absolute atomic E-state index is 0.0591. The fraction of sp³-hybridized carbons (Fsp3) is 0.368. The Hall–Kier alpha value is -2.76. The first-order chi connectivity index (χ1) is 12.0. The van der Waals surface area contributed by atoms with Crippen LogP contribution in [-0.4, -0.2) is 50.6 Å². The van der Waals surface area contributed by atoms with Gasteiger partial charge in [0.05, 0.1) is 20.1 Å². The van der Waals surface area contributed by atoms with Crippen LogP contribution >= 0.6 is 0 Å². The molecule has 1 unspecified atom stereocenters. The normalized spacial score (nSPS) is 16.5. The number of nitrogens with zero attached hydrogens (tertiary/aromatic N) is 2. The maximum atomic E-state index is 12.7. The molecule has 0 bridgehead atoms. The molecular weight excluding hydrogens is 320 g/mol. The van der Waals surface area contributed by atoms with E-state index in [1.807, 2.05) is 0 Å². The Morgan fingerprint density at radius 3 is 2.44 bits per heavy atom. The van der Waals surface area contributed by atoms with Gasteiger partial charge in [0.2, 0.25) is 11.8 Å². The molecule has 134 valence electrons. The van der Waals surface area contributed by atoms with E-state index in [0.29, 0.717) is 36.8 Å². The van der Waals surface area contributed by atoms with E-state index in [1.54, 1.807) is 54.4 Å². The summed E-state index contributed by atoms with van der Waals surface area (Å²) in [5, 5.41) is 0. The summed E-state index contributed by atoms with van der Waals surface area (Å²) in [5.41, 5.74) is 0.692. The number of rotatable bonds is 8. The van der Waals surface area contributed by atoms with Crippen molar-refractivity contribution in [2.45, 2.75) is 6.42 Å². The third-order valence-corrected chi connectivity index (χ3v) is 4.16. The number of carbonyl (C=O) groups excluding carboxylic acids is 2. The van der Waals surface area contributed by atoms with Crippen LogP contribution in [0.25, 0.3) is 0 Å². The first kappa shape index (κ1) is 18.6. The van der Waals surface area contributed by atoms with Gasteiger partial charge in [0.1, 0.15) is 0 Å². The van der Waals surface area contributed by atoms with Crippen molar-refractivity contribution in [3.8, 4) is 11.5 Å².